The van der Waals surface area contributed by atoms with Crippen LogP contribution in [0.15, 0.2) is 60.9 Å². The molecule has 0 saturated carbocycles. The van der Waals surface area contributed by atoms with Crippen LogP contribution in [-0.4, -0.2) is 40.7 Å². The molecule has 1 aromatic heterocycles. The van der Waals surface area contributed by atoms with E-state index in [1.54, 1.807) is 49.2 Å². The molecular weight excluding hydrogens is 368 g/mol. The largest absolute Gasteiger partial charge is 0.497 e. The fourth-order valence-electron chi connectivity index (χ4n) is 3.88. The normalized spacial score (nSPS) is 18.3. The van der Waals surface area contributed by atoms with Crippen molar-refractivity contribution < 1.29 is 14.3 Å². The highest BCUT2D eigenvalue weighted by molar-refractivity contribution is 6.04. The van der Waals surface area contributed by atoms with Gasteiger partial charge >= 0.3 is 0 Å². The Hall–Kier alpha value is -3.61. The Bertz CT molecular complexity index is 1060. The molecule has 0 bridgehead atoms. The summed E-state index contributed by atoms with van der Waals surface area (Å²) in [5.41, 5.74) is 2.74. The number of fused-ring (bicyclic) bond motifs is 1. The number of aromatic nitrogens is 2. The fraction of sp³-hybridized carbons (Fsp3) is 0.227. The van der Waals surface area contributed by atoms with Crippen LogP contribution in [0.25, 0.3) is 0 Å². The molecule has 7 heteroatoms. The third kappa shape index (κ3) is 3.35. The highest BCUT2D eigenvalue weighted by atomic mass is 16.5. The minimum Gasteiger partial charge on any atom is -0.497 e. The zero-order valence-electron chi connectivity index (χ0n) is 16.5. The van der Waals surface area contributed by atoms with Crippen LogP contribution in [0.2, 0.25) is 0 Å². The molecule has 2 aromatic carbocycles. The molecule has 0 fully saturated rings. The smallest absolute Gasteiger partial charge is 0.254 e. The lowest BCUT2D eigenvalue weighted by molar-refractivity contribution is -0.119. The van der Waals surface area contributed by atoms with E-state index in [2.05, 4.69) is 10.4 Å². The number of rotatable bonds is 4. The summed E-state index contributed by atoms with van der Waals surface area (Å²) in [6.07, 6.45) is 3.34. The monoisotopic (exact) mass is 390 g/mol. The van der Waals surface area contributed by atoms with Crippen molar-refractivity contribution in [1.82, 2.24) is 14.7 Å². The number of aryl methyl sites for hydroxylation is 1. The average Bonchev–Trinajstić information content (AvgIpc) is 3.15. The number of carbonyl (C=O) groups excluding carboxylic acids is 2. The van der Waals surface area contributed by atoms with E-state index in [-0.39, 0.29) is 11.8 Å². The molecule has 1 aliphatic rings. The molecule has 0 spiro atoms. The van der Waals surface area contributed by atoms with Gasteiger partial charge < -0.3 is 15.0 Å². The van der Waals surface area contributed by atoms with Gasteiger partial charge in [0.05, 0.1) is 31.0 Å². The Kier molecular flexibility index (Phi) is 4.80. The van der Waals surface area contributed by atoms with E-state index in [1.807, 2.05) is 42.5 Å². The molecule has 0 aliphatic carbocycles. The second-order valence-corrected chi connectivity index (χ2v) is 7.09. The minimum atomic E-state index is -0.567. The van der Waals surface area contributed by atoms with Crippen LogP contribution < -0.4 is 10.1 Å². The number of methoxy groups -OCH3 is 1. The molecule has 2 atom stereocenters. The highest BCUT2D eigenvalue weighted by Gasteiger charge is 2.42. The number of benzene rings is 2. The Balaban J connectivity index is 1.79. The van der Waals surface area contributed by atoms with Gasteiger partial charge in [-0.05, 0) is 29.3 Å². The van der Waals surface area contributed by atoms with Crippen molar-refractivity contribution in [2.45, 2.75) is 12.0 Å². The predicted octanol–water partition coefficient (Wildman–Crippen LogP) is 2.98. The van der Waals surface area contributed by atoms with Gasteiger partial charge in [-0.1, -0.05) is 30.3 Å². The van der Waals surface area contributed by atoms with E-state index < -0.39 is 12.0 Å². The second-order valence-electron chi connectivity index (χ2n) is 7.09. The topological polar surface area (TPSA) is 76.5 Å². The first-order valence-electron chi connectivity index (χ1n) is 9.29. The van der Waals surface area contributed by atoms with E-state index in [1.165, 1.54) is 0 Å². The van der Waals surface area contributed by atoms with Crippen molar-refractivity contribution in [2.24, 2.45) is 7.05 Å². The molecule has 2 heterocycles. The summed E-state index contributed by atoms with van der Waals surface area (Å²) in [5, 5.41) is 7.05. The number of hydrogen-bond donors (Lipinski definition) is 1. The van der Waals surface area contributed by atoms with Gasteiger partial charge in [-0.2, -0.15) is 5.10 Å². The SMILES string of the molecule is COc1ccc(C2C(C(=O)Nc3cnn(C)c3)c3ccccc3C(=O)N2C)cc1. The Morgan fingerprint density at radius 3 is 2.48 bits per heavy atom. The second kappa shape index (κ2) is 7.43. The first-order valence-corrected chi connectivity index (χ1v) is 9.29. The number of ether oxygens (including phenoxy) is 1. The van der Waals surface area contributed by atoms with Crippen LogP contribution in [0.3, 0.4) is 0 Å². The van der Waals surface area contributed by atoms with Crippen LogP contribution in [0, 0.1) is 0 Å². The molecule has 2 amide bonds. The van der Waals surface area contributed by atoms with E-state index in [9.17, 15) is 9.59 Å². The summed E-state index contributed by atoms with van der Waals surface area (Å²) in [7, 11) is 5.13. The molecular formula is C22H22N4O3. The van der Waals surface area contributed by atoms with E-state index in [0.29, 0.717) is 11.3 Å². The van der Waals surface area contributed by atoms with Crippen LogP contribution in [0.4, 0.5) is 5.69 Å². The summed E-state index contributed by atoms with van der Waals surface area (Å²) >= 11 is 0. The molecule has 3 aromatic rings. The molecule has 0 radical (unpaired) electrons. The molecule has 2 unspecified atom stereocenters. The Morgan fingerprint density at radius 2 is 1.83 bits per heavy atom. The predicted molar refractivity (Wildman–Crippen MR) is 109 cm³/mol. The minimum absolute atomic E-state index is 0.105. The summed E-state index contributed by atoms with van der Waals surface area (Å²) in [6, 6.07) is 14.3. The molecule has 7 nitrogen and oxygen atoms in total. The standard InChI is InChI=1S/C22H22N4O3/c1-25-13-15(12-23-25)24-21(27)19-17-6-4-5-7-18(17)22(28)26(2)20(19)14-8-10-16(29-3)11-9-14/h4-13,19-20H,1-3H3,(H,24,27). The van der Waals surface area contributed by atoms with Gasteiger partial charge in [-0.25, -0.2) is 0 Å². The lowest BCUT2D eigenvalue weighted by Crippen LogP contribution is -2.44. The van der Waals surface area contributed by atoms with Gasteiger partial charge in [0.1, 0.15) is 5.75 Å². The number of hydrogen-bond acceptors (Lipinski definition) is 4. The van der Waals surface area contributed by atoms with Crippen molar-refractivity contribution in [3.63, 3.8) is 0 Å². The summed E-state index contributed by atoms with van der Waals surface area (Å²) in [5.74, 6) is -0.143. The quantitative estimate of drug-likeness (QED) is 0.743. The van der Waals surface area contributed by atoms with Gasteiger partial charge in [0.2, 0.25) is 5.91 Å². The van der Waals surface area contributed by atoms with Gasteiger partial charge in [0, 0.05) is 25.9 Å². The number of likely N-dealkylation sites (N-methyl/N-ethyl adjacent to an activating group) is 1. The third-order valence-electron chi connectivity index (χ3n) is 5.29. The van der Waals surface area contributed by atoms with Crippen molar-refractivity contribution in [3.8, 4) is 5.75 Å². The molecule has 4 rings (SSSR count). The Labute approximate surface area is 168 Å². The maximum atomic E-state index is 13.4. The number of amides is 2. The molecule has 1 N–H and O–H groups in total. The van der Waals surface area contributed by atoms with E-state index >= 15 is 0 Å². The number of nitrogens with zero attached hydrogens (tertiary/aromatic N) is 3. The molecule has 0 saturated heterocycles. The van der Waals surface area contributed by atoms with Gasteiger partial charge in [-0.15, -0.1) is 0 Å². The van der Waals surface area contributed by atoms with E-state index in [0.717, 1.165) is 16.9 Å². The Morgan fingerprint density at radius 1 is 1.10 bits per heavy atom. The first kappa shape index (κ1) is 18.7. The van der Waals surface area contributed by atoms with Crippen molar-refractivity contribution in [2.75, 3.05) is 19.5 Å². The number of carbonyl (C=O) groups is 2. The van der Waals surface area contributed by atoms with E-state index in [4.69, 9.17) is 4.74 Å². The zero-order chi connectivity index (χ0) is 20.5. The zero-order valence-corrected chi connectivity index (χ0v) is 16.5. The first-order chi connectivity index (χ1) is 14.0. The van der Waals surface area contributed by atoms with Gasteiger partial charge in [0.25, 0.3) is 5.91 Å². The summed E-state index contributed by atoms with van der Waals surface area (Å²) < 4.78 is 6.87. The number of nitrogens with one attached hydrogen (secondary N) is 1. The van der Waals surface area contributed by atoms with Crippen molar-refractivity contribution in [3.05, 3.63) is 77.6 Å². The van der Waals surface area contributed by atoms with Crippen LogP contribution in [0.1, 0.15) is 33.4 Å². The molecule has 29 heavy (non-hydrogen) atoms. The average molecular weight is 390 g/mol. The summed E-state index contributed by atoms with van der Waals surface area (Å²) in [4.78, 5) is 28.0. The van der Waals surface area contributed by atoms with Crippen molar-refractivity contribution in [1.29, 1.82) is 0 Å². The highest BCUT2D eigenvalue weighted by Crippen LogP contribution is 2.42. The maximum Gasteiger partial charge on any atom is 0.254 e. The third-order valence-corrected chi connectivity index (χ3v) is 5.29. The molecule has 148 valence electrons. The summed E-state index contributed by atoms with van der Waals surface area (Å²) in [6.45, 7) is 0. The van der Waals surface area contributed by atoms with Crippen molar-refractivity contribution >= 4 is 17.5 Å². The lowest BCUT2D eigenvalue weighted by Gasteiger charge is -2.39. The van der Waals surface area contributed by atoms with Gasteiger partial charge in [-0.3, -0.25) is 14.3 Å². The van der Waals surface area contributed by atoms with Crippen LogP contribution in [0.5, 0.6) is 5.75 Å². The lowest BCUT2D eigenvalue weighted by atomic mass is 9.79. The maximum absolute atomic E-state index is 13.4. The molecule has 1 aliphatic heterocycles. The van der Waals surface area contributed by atoms with Crippen LogP contribution >= 0.6 is 0 Å². The van der Waals surface area contributed by atoms with Gasteiger partial charge in [0.15, 0.2) is 0 Å². The van der Waals surface area contributed by atoms with Crippen LogP contribution in [-0.2, 0) is 11.8 Å². The number of anilines is 1. The fourth-order valence-corrected chi connectivity index (χ4v) is 3.88.